The number of benzene rings is 1. The van der Waals surface area contributed by atoms with E-state index in [1.54, 1.807) is 0 Å². The largest absolute Gasteiger partial charge is 0.394 e. The third-order valence-corrected chi connectivity index (χ3v) is 4.99. The minimum atomic E-state index is -0.118. The minimum Gasteiger partial charge on any atom is -0.394 e. The van der Waals surface area contributed by atoms with Gasteiger partial charge in [0, 0.05) is 25.3 Å². The van der Waals surface area contributed by atoms with Crippen LogP contribution in [0.3, 0.4) is 0 Å². The lowest BCUT2D eigenvalue weighted by Crippen LogP contribution is -2.58. The van der Waals surface area contributed by atoms with E-state index in [0.29, 0.717) is 12.0 Å². The standard InChI is InChI=1S/C18H28N2O/c1-13-4-9-17(14(2)10-13)20(3)11-18(12-21,15-5-6-15)19-16-7-8-16/h4,9-10,15-16,19,21H,5-8,11-12H2,1-3H3. The maximum absolute atomic E-state index is 10.1. The highest BCUT2D eigenvalue weighted by Crippen LogP contribution is 2.42. The molecule has 2 N–H and O–H groups in total. The fraction of sp³-hybridized carbons (Fsp3) is 0.667. The number of likely N-dealkylation sites (N-methyl/N-ethyl adjacent to an activating group) is 1. The Labute approximate surface area is 128 Å². The van der Waals surface area contributed by atoms with Gasteiger partial charge in [-0.05, 0) is 57.1 Å². The molecule has 0 amide bonds. The Morgan fingerprint density at radius 2 is 1.95 bits per heavy atom. The van der Waals surface area contributed by atoms with Crippen LogP contribution in [0.2, 0.25) is 0 Å². The quantitative estimate of drug-likeness (QED) is 0.809. The Hall–Kier alpha value is -1.06. The van der Waals surface area contributed by atoms with Gasteiger partial charge in [0.05, 0.1) is 12.1 Å². The van der Waals surface area contributed by atoms with Crippen molar-refractivity contribution in [3.05, 3.63) is 29.3 Å². The van der Waals surface area contributed by atoms with Gasteiger partial charge in [-0.1, -0.05) is 17.7 Å². The second-order valence-corrected chi connectivity index (χ2v) is 7.15. The lowest BCUT2D eigenvalue weighted by atomic mass is 9.92. The van der Waals surface area contributed by atoms with Gasteiger partial charge in [-0.15, -0.1) is 0 Å². The van der Waals surface area contributed by atoms with E-state index >= 15 is 0 Å². The van der Waals surface area contributed by atoms with Gasteiger partial charge in [-0.2, -0.15) is 0 Å². The van der Waals surface area contributed by atoms with Gasteiger partial charge in [0.15, 0.2) is 0 Å². The molecule has 1 atom stereocenters. The molecule has 0 heterocycles. The summed E-state index contributed by atoms with van der Waals surface area (Å²) < 4.78 is 0. The lowest BCUT2D eigenvalue weighted by Gasteiger charge is -2.38. The van der Waals surface area contributed by atoms with E-state index in [4.69, 9.17) is 0 Å². The molecule has 0 aliphatic heterocycles. The first-order valence-corrected chi connectivity index (χ1v) is 8.21. The summed E-state index contributed by atoms with van der Waals surface area (Å²) in [6, 6.07) is 7.24. The molecule has 2 saturated carbocycles. The number of rotatable bonds is 7. The van der Waals surface area contributed by atoms with Gasteiger partial charge in [0.1, 0.15) is 0 Å². The van der Waals surface area contributed by atoms with Crippen LogP contribution in [0.1, 0.15) is 36.8 Å². The van der Waals surface area contributed by atoms with Crippen LogP contribution in [-0.4, -0.2) is 36.9 Å². The summed E-state index contributed by atoms with van der Waals surface area (Å²) in [5.41, 5.74) is 3.77. The second kappa shape index (κ2) is 5.62. The fourth-order valence-corrected chi connectivity index (χ4v) is 3.53. The smallest absolute Gasteiger partial charge is 0.0633 e. The molecule has 2 fully saturated rings. The number of hydrogen-bond acceptors (Lipinski definition) is 3. The van der Waals surface area contributed by atoms with E-state index < -0.39 is 0 Å². The van der Waals surface area contributed by atoms with Crippen molar-refractivity contribution in [2.75, 3.05) is 25.1 Å². The van der Waals surface area contributed by atoms with Gasteiger partial charge in [-0.25, -0.2) is 0 Å². The van der Waals surface area contributed by atoms with Crippen LogP contribution in [0.25, 0.3) is 0 Å². The molecule has 116 valence electrons. The first-order valence-electron chi connectivity index (χ1n) is 8.21. The topological polar surface area (TPSA) is 35.5 Å². The van der Waals surface area contributed by atoms with E-state index in [2.05, 4.69) is 49.3 Å². The molecule has 21 heavy (non-hydrogen) atoms. The molecule has 3 nitrogen and oxygen atoms in total. The number of anilines is 1. The summed E-state index contributed by atoms with van der Waals surface area (Å²) in [4.78, 5) is 2.32. The molecule has 0 spiro atoms. The Balaban J connectivity index is 1.77. The van der Waals surface area contributed by atoms with Crippen LogP contribution in [0.5, 0.6) is 0 Å². The van der Waals surface area contributed by atoms with Crippen LogP contribution in [0.15, 0.2) is 18.2 Å². The molecular weight excluding hydrogens is 260 g/mol. The first-order chi connectivity index (χ1) is 10.0. The average molecular weight is 288 g/mol. The maximum atomic E-state index is 10.1. The number of aryl methyl sites for hydroxylation is 2. The number of aliphatic hydroxyl groups excluding tert-OH is 1. The predicted octanol–water partition coefficient (Wildman–Crippen LogP) is 2.63. The van der Waals surface area contributed by atoms with Crippen LogP contribution in [0.4, 0.5) is 5.69 Å². The molecule has 1 aromatic rings. The van der Waals surface area contributed by atoms with E-state index in [9.17, 15) is 5.11 Å². The third kappa shape index (κ3) is 3.24. The zero-order valence-corrected chi connectivity index (χ0v) is 13.5. The first kappa shape index (κ1) is 14.9. The number of nitrogens with one attached hydrogen (secondary N) is 1. The summed E-state index contributed by atoms with van der Waals surface area (Å²) in [6.45, 7) is 5.43. The summed E-state index contributed by atoms with van der Waals surface area (Å²) in [5, 5.41) is 13.8. The summed E-state index contributed by atoms with van der Waals surface area (Å²) >= 11 is 0. The average Bonchev–Trinajstić information content (AvgIpc) is 3.30. The molecule has 0 bridgehead atoms. The molecule has 2 aliphatic rings. The zero-order valence-electron chi connectivity index (χ0n) is 13.5. The van der Waals surface area contributed by atoms with E-state index in [1.807, 2.05) is 0 Å². The van der Waals surface area contributed by atoms with Crippen molar-refractivity contribution < 1.29 is 5.11 Å². The maximum Gasteiger partial charge on any atom is 0.0633 e. The fourth-order valence-electron chi connectivity index (χ4n) is 3.53. The van der Waals surface area contributed by atoms with Gasteiger partial charge < -0.3 is 15.3 Å². The molecule has 0 radical (unpaired) electrons. The Morgan fingerprint density at radius 1 is 1.24 bits per heavy atom. The van der Waals surface area contributed by atoms with E-state index in [1.165, 1.54) is 42.5 Å². The third-order valence-electron chi connectivity index (χ3n) is 4.99. The van der Waals surface area contributed by atoms with Gasteiger partial charge in [-0.3, -0.25) is 0 Å². The monoisotopic (exact) mass is 288 g/mol. The molecule has 1 aromatic carbocycles. The number of aliphatic hydroxyl groups is 1. The summed E-state index contributed by atoms with van der Waals surface area (Å²) in [7, 11) is 2.15. The van der Waals surface area contributed by atoms with Crippen molar-refractivity contribution in [3.8, 4) is 0 Å². The van der Waals surface area contributed by atoms with E-state index in [0.717, 1.165) is 6.54 Å². The highest BCUT2D eigenvalue weighted by molar-refractivity contribution is 5.54. The van der Waals surface area contributed by atoms with Crippen molar-refractivity contribution >= 4 is 5.69 Å². The van der Waals surface area contributed by atoms with Gasteiger partial charge in [0.25, 0.3) is 0 Å². The molecule has 2 aliphatic carbocycles. The number of hydrogen-bond donors (Lipinski definition) is 2. The van der Waals surface area contributed by atoms with Crippen molar-refractivity contribution in [1.29, 1.82) is 0 Å². The molecule has 3 rings (SSSR count). The predicted molar refractivity (Wildman–Crippen MR) is 87.9 cm³/mol. The molecule has 1 unspecified atom stereocenters. The summed E-state index contributed by atoms with van der Waals surface area (Å²) in [6.07, 6.45) is 5.03. The summed E-state index contributed by atoms with van der Waals surface area (Å²) in [5.74, 6) is 0.635. The molecule has 0 aromatic heterocycles. The Kier molecular flexibility index (Phi) is 3.98. The molecular formula is C18H28N2O. The van der Waals surface area contributed by atoms with Crippen molar-refractivity contribution in [1.82, 2.24) is 5.32 Å². The van der Waals surface area contributed by atoms with Gasteiger partial charge >= 0.3 is 0 Å². The number of nitrogens with zero attached hydrogens (tertiary/aromatic N) is 1. The van der Waals surface area contributed by atoms with E-state index in [-0.39, 0.29) is 12.1 Å². The lowest BCUT2D eigenvalue weighted by molar-refractivity contribution is 0.142. The van der Waals surface area contributed by atoms with Crippen molar-refractivity contribution in [2.24, 2.45) is 5.92 Å². The van der Waals surface area contributed by atoms with Crippen LogP contribution in [0, 0.1) is 19.8 Å². The van der Waals surface area contributed by atoms with Crippen LogP contribution >= 0.6 is 0 Å². The molecule has 0 saturated heterocycles. The Morgan fingerprint density at radius 3 is 2.48 bits per heavy atom. The van der Waals surface area contributed by atoms with Gasteiger partial charge in [0.2, 0.25) is 0 Å². The van der Waals surface area contributed by atoms with Crippen molar-refractivity contribution in [2.45, 2.75) is 51.1 Å². The molecule has 3 heteroatoms. The zero-order chi connectivity index (χ0) is 15.0. The minimum absolute atomic E-state index is 0.118. The highest BCUT2D eigenvalue weighted by atomic mass is 16.3. The Bertz CT molecular complexity index is 508. The SMILES string of the molecule is Cc1ccc(N(C)CC(CO)(NC2CC2)C2CC2)c(C)c1. The van der Waals surface area contributed by atoms with Crippen molar-refractivity contribution in [3.63, 3.8) is 0 Å². The van der Waals surface area contributed by atoms with Crippen LogP contribution < -0.4 is 10.2 Å². The normalized spacial score (nSPS) is 21.1. The highest BCUT2D eigenvalue weighted by Gasteiger charge is 2.48. The van der Waals surface area contributed by atoms with Crippen LogP contribution in [-0.2, 0) is 0 Å². The second-order valence-electron chi connectivity index (χ2n) is 7.15.